The van der Waals surface area contributed by atoms with Crippen LogP contribution in [0.1, 0.15) is 11.1 Å². The highest BCUT2D eigenvalue weighted by molar-refractivity contribution is 5.32. The van der Waals surface area contributed by atoms with Crippen LogP contribution in [0.15, 0.2) is 61.2 Å². The van der Waals surface area contributed by atoms with Gasteiger partial charge in [-0.15, -0.1) is 0 Å². The van der Waals surface area contributed by atoms with Gasteiger partial charge < -0.3 is 10.1 Å². The standard InChI is InChI=1S/C18H20FNO/c1-2-13-21-18-6-4-3-5-16(18)14-20-12-11-15-7-9-17(19)10-8-15/h2-10,20H,1,11-14H2/p+1. The Hall–Kier alpha value is -2.13. The summed E-state index contributed by atoms with van der Waals surface area (Å²) < 4.78 is 18.4. The number of benzene rings is 2. The second kappa shape index (κ2) is 8.22. The quantitative estimate of drug-likeness (QED) is 0.586. The van der Waals surface area contributed by atoms with Crippen molar-refractivity contribution in [2.24, 2.45) is 0 Å². The van der Waals surface area contributed by atoms with E-state index in [0.717, 1.165) is 30.8 Å². The van der Waals surface area contributed by atoms with Crippen LogP contribution in [0.2, 0.25) is 0 Å². The molecule has 0 saturated carbocycles. The highest BCUT2D eigenvalue weighted by Crippen LogP contribution is 2.16. The third kappa shape index (κ3) is 5.04. The summed E-state index contributed by atoms with van der Waals surface area (Å²) in [6.45, 7) is 6.01. The number of quaternary nitrogens is 1. The average Bonchev–Trinajstić information content (AvgIpc) is 2.52. The van der Waals surface area contributed by atoms with Gasteiger partial charge in [-0.25, -0.2) is 4.39 Å². The van der Waals surface area contributed by atoms with E-state index >= 15 is 0 Å². The lowest BCUT2D eigenvalue weighted by Crippen LogP contribution is -2.83. The van der Waals surface area contributed by atoms with E-state index < -0.39 is 0 Å². The topological polar surface area (TPSA) is 25.8 Å². The molecule has 0 heterocycles. The Morgan fingerprint density at radius 2 is 1.86 bits per heavy atom. The smallest absolute Gasteiger partial charge is 0.128 e. The molecule has 0 bridgehead atoms. The second-order valence-corrected chi connectivity index (χ2v) is 4.87. The van der Waals surface area contributed by atoms with Gasteiger partial charge >= 0.3 is 0 Å². The van der Waals surface area contributed by atoms with Gasteiger partial charge in [0, 0.05) is 12.0 Å². The van der Waals surface area contributed by atoms with E-state index in [4.69, 9.17) is 4.74 Å². The molecular formula is C18H21FNO+. The summed E-state index contributed by atoms with van der Waals surface area (Å²) in [5, 5.41) is 2.24. The number of halogens is 1. The van der Waals surface area contributed by atoms with Gasteiger partial charge in [-0.2, -0.15) is 0 Å². The lowest BCUT2D eigenvalue weighted by atomic mass is 10.1. The van der Waals surface area contributed by atoms with E-state index in [9.17, 15) is 4.39 Å². The molecule has 0 spiro atoms. The van der Waals surface area contributed by atoms with Gasteiger partial charge in [0.2, 0.25) is 0 Å². The van der Waals surface area contributed by atoms with Crippen molar-refractivity contribution in [1.29, 1.82) is 0 Å². The van der Waals surface area contributed by atoms with E-state index in [1.807, 2.05) is 30.3 Å². The summed E-state index contributed by atoms with van der Waals surface area (Å²) in [6.07, 6.45) is 2.67. The van der Waals surface area contributed by atoms with Crippen molar-refractivity contribution in [3.8, 4) is 5.75 Å². The second-order valence-electron chi connectivity index (χ2n) is 4.87. The van der Waals surface area contributed by atoms with E-state index in [0.29, 0.717) is 6.61 Å². The van der Waals surface area contributed by atoms with Crippen LogP contribution in [0.4, 0.5) is 4.39 Å². The Morgan fingerprint density at radius 1 is 1.10 bits per heavy atom. The molecule has 0 aliphatic carbocycles. The Labute approximate surface area is 125 Å². The Kier molecular flexibility index (Phi) is 5.98. The van der Waals surface area contributed by atoms with Crippen LogP contribution < -0.4 is 10.1 Å². The normalized spacial score (nSPS) is 10.3. The SMILES string of the molecule is C=CCOc1ccccc1C[NH2+]CCc1ccc(F)cc1. The number of hydrogen-bond acceptors (Lipinski definition) is 1. The van der Waals surface area contributed by atoms with E-state index in [-0.39, 0.29) is 5.82 Å². The molecule has 0 saturated heterocycles. The molecule has 21 heavy (non-hydrogen) atoms. The summed E-state index contributed by atoms with van der Waals surface area (Å²) in [5.74, 6) is 0.728. The van der Waals surface area contributed by atoms with Crippen molar-refractivity contribution in [3.05, 3.63) is 78.1 Å². The van der Waals surface area contributed by atoms with Crippen molar-refractivity contribution in [1.82, 2.24) is 0 Å². The lowest BCUT2D eigenvalue weighted by molar-refractivity contribution is -0.670. The first-order chi connectivity index (χ1) is 10.3. The first-order valence-electron chi connectivity index (χ1n) is 7.17. The van der Waals surface area contributed by atoms with Crippen LogP contribution in [0.25, 0.3) is 0 Å². The molecule has 2 aromatic rings. The minimum Gasteiger partial charge on any atom is -0.489 e. The molecule has 0 radical (unpaired) electrons. The van der Waals surface area contributed by atoms with Crippen LogP contribution in [0, 0.1) is 5.82 Å². The van der Waals surface area contributed by atoms with E-state index in [1.165, 1.54) is 17.7 Å². The number of rotatable bonds is 8. The average molecular weight is 286 g/mol. The lowest BCUT2D eigenvalue weighted by Gasteiger charge is -2.09. The zero-order chi connectivity index (χ0) is 14.9. The van der Waals surface area contributed by atoms with Gasteiger partial charge in [-0.05, 0) is 29.8 Å². The van der Waals surface area contributed by atoms with Gasteiger partial charge in [0.25, 0.3) is 0 Å². The molecule has 0 amide bonds. The maximum absolute atomic E-state index is 12.8. The fourth-order valence-electron chi connectivity index (χ4n) is 2.14. The molecule has 2 aromatic carbocycles. The molecule has 110 valence electrons. The molecule has 2 nitrogen and oxygen atoms in total. The number of hydrogen-bond donors (Lipinski definition) is 1. The molecule has 0 unspecified atom stereocenters. The molecule has 0 aromatic heterocycles. The molecule has 0 fully saturated rings. The largest absolute Gasteiger partial charge is 0.489 e. The third-order valence-corrected chi connectivity index (χ3v) is 3.24. The minimum atomic E-state index is -0.184. The summed E-state index contributed by atoms with van der Waals surface area (Å²) in [7, 11) is 0. The Bertz CT molecular complexity index is 566. The van der Waals surface area contributed by atoms with Gasteiger partial charge in [-0.3, -0.25) is 0 Å². The Morgan fingerprint density at radius 3 is 2.62 bits per heavy atom. The number of para-hydroxylation sites is 1. The van der Waals surface area contributed by atoms with Crippen molar-refractivity contribution in [2.75, 3.05) is 13.2 Å². The zero-order valence-electron chi connectivity index (χ0n) is 12.1. The van der Waals surface area contributed by atoms with Crippen LogP contribution in [-0.2, 0) is 13.0 Å². The van der Waals surface area contributed by atoms with Crippen molar-refractivity contribution >= 4 is 0 Å². The van der Waals surface area contributed by atoms with Gasteiger partial charge in [-0.1, -0.05) is 36.9 Å². The highest BCUT2D eigenvalue weighted by atomic mass is 19.1. The molecule has 3 heteroatoms. The fraction of sp³-hybridized carbons (Fsp3) is 0.222. The molecule has 0 aliphatic rings. The third-order valence-electron chi connectivity index (χ3n) is 3.24. The zero-order valence-corrected chi connectivity index (χ0v) is 12.1. The molecule has 0 atom stereocenters. The predicted molar refractivity (Wildman–Crippen MR) is 82.7 cm³/mol. The fourth-order valence-corrected chi connectivity index (χ4v) is 2.14. The summed E-state index contributed by atoms with van der Waals surface area (Å²) >= 11 is 0. The summed E-state index contributed by atoms with van der Waals surface area (Å²) in [4.78, 5) is 0. The first kappa shape index (κ1) is 15.3. The monoisotopic (exact) mass is 286 g/mol. The number of ether oxygens (including phenoxy) is 1. The van der Waals surface area contributed by atoms with Gasteiger partial charge in [0.15, 0.2) is 0 Å². The van der Waals surface area contributed by atoms with Crippen LogP contribution in [0.5, 0.6) is 5.75 Å². The molecule has 2 N–H and O–H groups in total. The highest BCUT2D eigenvalue weighted by Gasteiger charge is 2.04. The molecule has 0 aliphatic heterocycles. The van der Waals surface area contributed by atoms with Crippen molar-refractivity contribution < 1.29 is 14.4 Å². The molecular weight excluding hydrogens is 265 g/mol. The van der Waals surface area contributed by atoms with E-state index in [2.05, 4.69) is 18.0 Å². The first-order valence-corrected chi connectivity index (χ1v) is 7.17. The van der Waals surface area contributed by atoms with Crippen LogP contribution in [0.3, 0.4) is 0 Å². The summed E-state index contributed by atoms with van der Waals surface area (Å²) in [5.41, 5.74) is 2.34. The van der Waals surface area contributed by atoms with Gasteiger partial charge in [0.1, 0.15) is 24.7 Å². The minimum absolute atomic E-state index is 0.184. The summed E-state index contributed by atoms with van der Waals surface area (Å²) in [6, 6.07) is 14.7. The maximum atomic E-state index is 12.8. The maximum Gasteiger partial charge on any atom is 0.128 e. The van der Waals surface area contributed by atoms with Crippen LogP contribution >= 0.6 is 0 Å². The van der Waals surface area contributed by atoms with Gasteiger partial charge in [0.05, 0.1) is 6.54 Å². The van der Waals surface area contributed by atoms with Crippen molar-refractivity contribution in [2.45, 2.75) is 13.0 Å². The van der Waals surface area contributed by atoms with E-state index in [1.54, 1.807) is 6.08 Å². The Balaban J connectivity index is 1.80. The van der Waals surface area contributed by atoms with Crippen LogP contribution in [-0.4, -0.2) is 13.2 Å². The van der Waals surface area contributed by atoms with Crippen molar-refractivity contribution in [3.63, 3.8) is 0 Å². The number of nitrogens with two attached hydrogens (primary N) is 1. The predicted octanol–water partition coefficient (Wildman–Crippen LogP) is 2.70. The molecule has 2 rings (SSSR count).